The first-order valence-electron chi connectivity index (χ1n) is 9.64. The summed E-state index contributed by atoms with van der Waals surface area (Å²) in [4.78, 5) is 24.3. The number of amides is 1. The molecule has 0 aliphatic heterocycles. The van der Waals surface area contributed by atoms with Gasteiger partial charge in [0.2, 0.25) is 5.65 Å². The van der Waals surface area contributed by atoms with Crippen LogP contribution < -0.4 is 10.6 Å². The molecule has 4 rings (SSSR count). The van der Waals surface area contributed by atoms with E-state index in [0.29, 0.717) is 34.0 Å². The molecule has 1 amide bonds. The molecule has 12 heteroatoms. The van der Waals surface area contributed by atoms with Crippen LogP contribution in [-0.4, -0.2) is 30.6 Å². The number of thiazole rings is 1. The molecule has 0 fully saturated rings. The highest BCUT2D eigenvalue weighted by atomic mass is 32.1. The maximum atomic E-state index is 12.7. The lowest BCUT2D eigenvalue weighted by molar-refractivity contribution is -0.137. The molecule has 3 aromatic heterocycles. The van der Waals surface area contributed by atoms with Crippen LogP contribution in [-0.2, 0) is 12.7 Å². The Morgan fingerprint density at radius 1 is 1.25 bits per heavy atom. The van der Waals surface area contributed by atoms with E-state index < -0.39 is 17.1 Å². The molecule has 0 radical (unpaired) electrons. The van der Waals surface area contributed by atoms with Gasteiger partial charge >= 0.3 is 6.18 Å². The predicted molar refractivity (Wildman–Crippen MR) is 115 cm³/mol. The molecule has 3 heterocycles. The van der Waals surface area contributed by atoms with Gasteiger partial charge in [-0.1, -0.05) is 12.1 Å². The highest BCUT2D eigenvalue weighted by Crippen LogP contribution is 2.32. The number of benzene rings is 1. The van der Waals surface area contributed by atoms with Crippen molar-refractivity contribution in [3.05, 3.63) is 58.3 Å². The number of alkyl halides is 3. The van der Waals surface area contributed by atoms with E-state index in [1.54, 1.807) is 29.1 Å². The third-order valence-corrected chi connectivity index (χ3v) is 5.62. The van der Waals surface area contributed by atoms with Crippen molar-refractivity contribution in [1.82, 2.24) is 24.7 Å². The first kappa shape index (κ1) is 21.7. The Labute approximate surface area is 184 Å². The molecule has 1 atom stereocenters. The van der Waals surface area contributed by atoms with Crippen LogP contribution >= 0.6 is 11.3 Å². The topological polar surface area (TPSA) is 97.6 Å². The highest BCUT2D eigenvalue weighted by Gasteiger charge is 2.35. The minimum Gasteiger partial charge on any atom is -0.362 e. The number of aryl methyl sites for hydroxylation is 1. The minimum absolute atomic E-state index is 0.121. The second-order valence-electron chi connectivity index (χ2n) is 6.92. The zero-order valence-electron chi connectivity index (χ0n) is 17.0. The van der Waals surface area contributed by atoms with Crippen molar-refractivity contribution in [2.75, 3.05) is 10.6 Å². The summed E-state index contributed by atoms with van der Waals surface area (Å²) < 4.78 is 39.9. The predicted octanol–water partition coefficient (Wildman–Crippen LogP) is 4.75. The van der Waals surface area contributed by atoms with Gasteiger partial charge in [0.15, 0.2) is 5.01 Å². The number of fused-ring (bicyclic) bond motifs is 1. The third-order valence-electron chi connectivity index (χ3n) is 4.58. The van der Waals surface area contributed by atoms with Crippen molar-refractivity contribution < 1.29 is 18.0 Å². The standard InChI is InChI=1S/C20H18F3N7OS/c1-3-30-10-14-17(29-30)28-16(9-24-14)26-11(2)12-5-4-6-13(7-12)27-18(31)15-8-25-19(32-15)20(21,22)23/h4-11H,3H2,1-2H3,(H,27,31)(H,26,28,29)/t11-/m0/s1. The molecule has 2 N–H and O–H groups in total. The van der Waals surface area contributed by atoms with Gasteiger partial charge in [0.25, 0.3) is 5.91 Å². The maximum Gasteiger partial charge on any atom is 0.443 e. The number of carbonyl (C=O) groups excluding carboxylic acids is 1. The summed E-state index contributed by atoms with van der Waals surface area (Å²) in [5.41, 5.74) is 2.52. The van der Waals surface area contributed by atoms with Crippen LogP contribution in [0.4, 0.5) is 24.7 Å². The van der Waals surface area contributed by atoms with Crippen LogP contribution in [0.2, 0.25) is 0 Å². The molecule has 0 bridgehead atoms. The van der Waals surface area contributed by atoms with Gasteiger partial charge in [-0.3, -0.25) is 9.48 Å². The molecule has 0 saturated heterocycles. The van der Waals surface area contributed by atoms with Crippen molar-refractivity contribution in [2.24, 2.45) is 0 Å². The lowest BCUT2D eigenvalue weighted by atomic mass is 10.1. The van der Waals surface area contributed by atoms with Crippen LogP contribution in [0.3, 0.4) is 0 Å². The molecule has 0 saturated carbocycles. The third kappa shape index (κ3) is 4.69. The second kappa shape index (κ2) is 8.54. The number of nitrogens with one attached hydrogen (secondary N) is 2. The van der Waals surface area contributed by atoms with Crippen LogP contribution in [0.5, 0.6) is 0 Å². The molecule has 0 unspecified atom stereocenters. The number of nitrogens with zero attached hydrogens (tertiary/aromatic N) is 5. The number of halogens is 3. The smallest absolute Gasteiger partial charge is 0.362 e. The number of hydrogen-bond donors (Lipinski definition) is 2. The quantitative estimate of drug-likeness (QED) is 0.430. The van der Waals surface area contributed by atoms with Gasteiger partial charge in [-0.2, -0.15) is 18.3 Å². The van der Waals surface area contributed by atoms with Crippen LogP contribution in [0.25, 0.3) is 11.2 Å². The second-order valence-corrected chi connectivity index (χ2v) is 7.95. The zero-order valence-corrected chi connectivity index (χ0v) is 17.8. The van der Waals surface area contributed by atoms with Crippen molar-refractivity contribution in [3.8, 4) is 0 Å². The molecule has 0 aliphatic carbocycles. The number of aromatic nitrogens is 5. The molecule has 8 nitrogen and oxygen atoms in total. The maximum absolute atomic E-state index is 12.7. The summed E-state index contributed by atoms with van der Waals surface area (Å²) in [5, 5.41) is 9.14. The lowest BCUT2D eigenvalue weighted by Crippen LogP contribution is -2.12. The monoisotopic (exact) mass is 461 g/mol. The number of rotatable bonds is 6. The Hall–Kier alpha value is -3.54. The van der Waals surface area contributed by atoms with Crippen molar-refractivity contribution in [2.45, 2.75) is 32.6 Å². The van der Waals surface area contributed by atoms with Crippen molar-refractivity contribution >= 4 is 39.9 Å². The summed E-state index contributed by atoms with van der Waals surface area (Å²) in [5.74, 6) is -0.108. The fourth-order valence-electron chi connectivity index (χ4n) is 2.97. The molecule has 166 valence electrons. The molecule has 0 spiro atoms. The molecule has 0 aliphatic rings. The molecule has 1 aromatic carbocycles. The van der Waals surface area contributed by atoms with E-state index in [2.05, 4.69) is 30.7 Å². The Balaban J connectivity index is 1.46. The number of hydrogen-bond acceptors (Lipinski definition) is 7. The Morgan fingerprint density at radius 3 is 2.78 bits per heavy atom. The summed E-state index contributed by atoms with van der Waals surface area (Å²) in [6, 6.07) is 6.81. The van der Waals surface area contributed by atoms with Gasteiger partial charge in [-0.25, -0.2) is 15.0 Å². The number of carbonyl (C=O) groups is 1. The fraction of sp³-hybridized carbons (Fsp3) is 0.250. The summed E-state index contributed by atoms with van der Waals surface area (Å²) >= 11 is 0.300. The van der Waals surface area contributed by atoms with E-state index in [-0.39, 0.29) is 10.9 Å². The highest BCUT2D eigenvalue weighted by molar-refractivity contribution is 7.13. The van der Waals surface area contributed by atoms with Crippen LogP contribution in [0, 0.1) is 0 Å². The van der Waals surface area contributed by atoms with Gasteiger partial charge in [-0.05, 0) is 31.5 Å². The molecular formula is C20H18F3N7OS. The summed E-state index contributed by atoms with van der Waals surface area (Å²) in [6.07, 6.45) is -0.215. The van der Waals surface area contributed by atoms with Crippen LogP contribution in [0.15, 0.2) is 42.9 Å². The zero-order chi connectivity index (χ0) is 22.9. The lowest BCUT2D eigenvalue weighted by Gasteiger charge is -2.16. The first-order chi connectivity index (χ1) is 15.2. The van der Waals surface area contributed by atoms with E-state index in [1.807, 2.05) is 26.1 Å². The SMILES string of the molecule is CCn1cc2ncc(N[C@@H](C)c3cccc(NC(=O)c4cnc(C(F)(F)F)s4)c3)nc2n1. The fourth-order valence-corrected chi connectivity index (χ4v) is 3.65. The number of anilines is 2. The van der Waals surface area contributed by atoms with Crippen LogP contribution in [0.1, 0.15) is 40.1 Å². The van der Waals surface area contributed by atoms with E-state index in [4.69, 9.17) is 0 Å². The molecule has 4 aromatic rings. The Bertz CT molecular complexity index is 1270. The average Bonchev–Trinajstić information content (AvgIpc) is 3.40. The van der Waals surface area contributed by atoms with E-state index in [1.165, 1.54) is 0 Å². The minimum atomic E-state index is -4.58. The van der Waals surface area contributed by atoms with Crippen molar-refractivity contribution in [1.29, 1.82) is 0 Å². The normalized spacial score (nSPS) is 12.7. The molecular weight excluding hydrogens is 443 g/mol. The summed E-state index contributed by atoms with van der Waals surface area (Å²) in [7, 11) is 0. The van der Waals surface area contributed by atoms with Gasteiger partial charge < -0.3 is 10.6 Å². The first-order valence-corrected chi connectivity index (χ1v) is 10.5. The van der Waals surface area contributed by atoms with E-state index in [0.717, 1.165) is 18.3 Å². The average molecular weight is 461 g/mol. The van der Waals surface area contributed by atoms with Gasteiger partial charge in [0.05, 0.1) is 24.6 Å². The van der Waals surface area contributed by atoms with Gasteiger partial charge in [0, 0.05) is 12.2 Å². The van der Waals surface area contributed by atoms with Gasteiger partial charge in [0.1, 0.15) is 16.2 Å². The van der Waals surface area contributed by atoms with E-state index in [9.17, 15) is 18.0 Å². The largest absolute Gasteiger partial charge is 0.443 e. The Kier molecular flexibility index (Phi) is 5.78. The van der Waals surface area contributed by atoms with E-state index >= 15 is 0 Å². The van der Waals surface area contributed by atoms with Gasteiger partial charge in [-0.15, -0.1) is 11.3 Å². The summed E-state index contributed by atoms with van der Waals surface area (Å²) in [6.45, 7) is 4.61. The molecule has 32 heavy (non-hydrogen) atoms. The Morgan fingerprint density at radius 2 is 2.06 bits per heavy atom. The van der Waals surface area contributed by atoms with Crippen molar-refractivity contribution in [3.63, 3.8) is 0 Å².